The van der Waals surface area contributed by atoms with E-state index in [1.54, 1.807) is 0 Å². The molecule has 30 heavy (non-hydrogen) atoms. The quantitative estimate of drug-likeness (QED) is 0.709. The number of nitrogens with zero attached hydrogens (tertiary/aromatic N) is 3. The van der Waals surface area contributed by atoms with Gasteiger partial charge in [0.25, 0.3) is 0 Å². The molecular formula is C22H28F4N4. The highest BCUT2D eigenvalue weighted by molar-refractivity contribution is 5.60. The Bertz CT molecular complexity index is 849. The molecule has 2 aromatic rings. The van der Waals surface area contributed by atoms with Crippen LogP contribution in [0.1, 0.15) is 49.4 Å². The standard InChI is InChI=1S/C22H28F4N4/c23-19-5-4-17(14-18(19)22(24,25)26)20-15-30(13-12-29-10-2-1-3-11-29)21(28-20)16-6-8-27-9-7-16/h4-5,14-16,27H,1-3,6-13H2. The fourth-order valence-corrected chi connectivity index (χ4v) is 4.49. The van der Waals surface area contributed by atoms with E-state index in [9.17, 15) is 17.6 Å². The van der Waals surface area contributed by atoms with E-state index >= 15 is 0 Å². The van der Waals surface area contributed by atoms with Crippen molar-refractivity contribution < 1.29 is 17.6 Å². The SMILES string of the molecule is Fc1ccc(-c2cn(CCN3CCCCC3)c(C3CCNCC3)n2)cc1C(F)(F)F. The summed E-state index contributed by atoms with van der Waals surface area (Å²) in [6.45, 7) is 5.68. The van der Waals surface area contributed by atoms with Gasteiger partial charge in [0.15, 0.2) is 0 Å². The van der Waals surface area contributed by atoms with Crippen molar-refractivity contribution in [3.8, 4) is 11.3 Å². The summed E-state index contributed by atoms with van der Waals surface area (Å²) in [4.78, 5) is 7.19. The summed E-state index contributed by atoms with van der Waals surface area (Å²) in [5.41, 5.74) is -0.463. The molecule has 0 spiro atoms. The van der Waals surface area contributed by atoms with Crippen LogP contribution in [0.15, 0.2) is 24.4 Å². The van der Waals surface area contributed by atoms with Gasteiger partial charge in [-0.15, -0.1) is 0 Å². The van der Waals surface area contributed by atoms with Crippen molar-refractivity contribution in [2.24, 2.45) is 0 Å². The van der Waals surface area contributed by atoms with E-state index in [-0.39, 0.29) is 5.92 Å². The number of imidazole rings is 1. The number of halogens is 4. The summed E-state index contributed by atoms with van der Waals surface area (Å²) < 4.78 is 55.3. The van der Waals surface area contributed by atoms with E-state index in [0.717, 1.165) is 70.1 Å². The number of likely N-dealkylation sites (tertiary alicyclic amines) is 1. The minimum absolute atomic E-state index is 0.281. The molecule has 2 aliphatic rings. The number of aromatic nitrogens is 2. The molecule has 1 aromatic carbocycles. The van der Waals surface area contributed by atoms with Gasteiger partial charge in [0.2, 0.25) is 0 Å². The number of hydrogen-bond acceptors (Lipinski definition) is 3. The lowest BCUT2D eigenvalue weighted by Gasteiger charge is -2.27. The Kier molecular flexibility index (Phi) is 6.43. The first kappa shape index (κ1) is 21.3. The molecule has 2 fully saturated rings. The predicted octanol–water partition coefficient (Wildman–Crippen LogP) is 4.66. The van der Waals surface area contributed by atoms with Gasteiger partial charge in [-0.2, -0.15) is 13.2 Å². The maximum atomic E-state index is 13.7. The first-order valence-electron chi connectivity index (χ1n) is 10.8. The molecule has 1 N–H and O–H groups in total. The topological polar surface area (TPSA) is 33.1 Å². The van der Waals surface area contributed by atoms with Gasteiger partial charge in [-0.1, -0.05) is 6.42 Å². The summed E-state index contributed by atoms with van der Waals surface area (Å²) in [6.07, 6.45) is 2.73. The van der Waals surface area contributed by atoms with E-state index in [1.807, 2.05) is 6.20 Å². The maximum absolute atomic E-state index is 13.7. The molecule has 2 saturated heterocycles. The van der Waals surface area contributed by atoms with Gasteiger partial charge in [-0.3, -0.25) is 0 Å². The molecule has 0 aliphatic carbocycles. The van der Waals surface area contributed by atoms with E-state index in [2.05, 4.69) is 14.8 Å². The molecule has 164 valence electrons. The van der Waals surface area contributed by atoms with Gasteiger partial charge in [0, 0.05) is 30.8 Å². The van der Waals surface area contributed by atoms with Gasteiger partial charge >= 0.3 is 6.18 Å². The van der Waals surface area contributed by atoms with Crippen LogP contribution in [-0.4, -0.2) is 47.2 Å². The maximum Gasteiger partial charge on any atom is 0.419 e. The first-order valence-corrected chi connectivity index (χ1v) is 10.8. The molecule has 1 aromatic heterocycles. The van der Waals surface area contributed by atoms with Crippen LogP contribution in [-0.2, 0) is 12.7 Å². The summed E-state index contributed by atoms with van der Waals surface area (Å²) in [5.74, 6) is -0.0420. The Labute approximate surface area is 174 Å². The average molecular weight is 424 g/mol. The van der Waals surface area contributed by atoms with Crippen LogP contribution in [0.2, 0.25) is 0 Å². The van der Waals surface area contributed by atoms with Crippen LogP contribution in [0.4, 0.5) is 17.6 Å². The lowest BCUT2D eigenvalue weighted by atomic mass is 9.97. The van der Waals surface area contributed by atoms with E-state index < -0.39 is 17.6 Å². The molecule has 4 rings (SSSR count). The molecule has 8 heteroatoms. The molecule has 0 radical (unpaired) electrons. The molecule has 4 nitrogen and oxygen atoms in total. The van der Waals surface area contributed by atoms with Crippen molar-refractivity contribution in [2.75, 3.05) is 32.7 Å². The summed E-state index contributed by atoms with van der Waals surface area (Å²) in [7, 11) is 0. The highest BCUT2D eigenvalue weighted by atomic mass is 19.4. The molecule has 0 amide bonds. The molecule has 0 bridgehead atoms. The van der Waals surface area contributed by atoms with Crippen molar-refractivity contribution in [3.63, 3.8) is 0 Å². The summed E-state index contributed by atoms with van der Waals surface area (Å²) >= 11 is 0. The van der Waals surface area contributed by atoms with E-state index in [1.165, 1.54) is 25.3 Å². The number of hydrogen-bond donors (Lipinski definition) is 1. The molecule has 2 aliphatic heterocycles. The first-order chi connectivity index (χ1) is 14.4. The zero-order chi connectivity index (χ0) is 21.1. The molecule has 0 atom stereocenters. The van der Waals surface area contributed by atoms with E-state index in [4.69, 9.17) is 4.98 Å². The van der Waals surface area contributed by atoms with Crippen LogP contribution in [0.3, 0.4) is 0 Å². The third-order valence-corrected chi connectivity index (χ3v) is 6.19. The van der Waals surface area contributed by atoms with Gasteiger partial charge in [0.1, 0.15) is 11.6 Å². The van der Waals surface area contributed by atoms with Gasteiger partial charge in [0.05, 0.1) is 11.3 Å². The number of nitrogens with one attached hydrogen (secondary N) is 1. The van der Waals surface area contributed by atoms with Gasteiger partial charge in [-0.05, 0) is 70.1 Å². The van der Waals surface area contributed by atoms with Crippen LogP contribution < -0.4 is 5.32 Å². The largest absolute Gasteiger partial charge is 0.419 e. The Morgan fingerprint density at radius 1 is 1.03 bits per heavy atom. The Morgan fingerprint density at radius 2 is 1.77 bits per heavy atom. The lowest BCUT2D eigenvalue weighted by molar-refractivity contribution is -0.139. The number of benzene rings is 1. The molecule has 0 saturated carbocycles. The smallest absolute Gasteiger partial charge is 0.333 e. The fraction of sp³-hybridized carbons (Fsp3) is 0.591. The zero-order valence-electron chi connectivity index (χ0n) is 17.0. The minimum Gasteiger partial charge on any atom is -0.333 e. The van der Waals surface area contributed by atoms with Crippen LogP contribution in [0, 0.1) is 5.82 Å². The number of rotatable bonds is 5. The van der Waals surface area contributed by atoms with Crippen molar-refractivity contribution in [3.05, 3.63) is 41.6 Å². The monoisotopic (exact) mass is 424 g/mol. The Morgan fingerprint density at radius 3 is 2.47 bits per heavy atom. The van der Waals surface area contributed by atoms with Crippen molar-refractivity contribution in [1.82, 2.24) is 19.8 Å². The second-order valence-electron chi connectivity index (χ2n) is 8.30. The van der Waals surface area contributed by atoms with Crippen molar-refractivity contribution in [1.29, 1.82) is 0 Å². The van der Waals surface area contributed by atoms with Crippen molar-refractivity contribution >= 4 is 0 Å². The van der Waals surface area contributed by atoms with Gasteiger partial charge < -0.3 is 14.8 Å². The second kappa shape index (κ2) is 9.06. The highest BCUT2D eigenvalue weighted by Gasteiger charge is 2.34. The number of alkyl halides is 3. The minimum atomic E-state index is -4.73. The normalized spacial score (nSPS) is 19.3. The highest BCUT2D eigenvalue weighted by Crippen LogP contribution is 2.35. The average Bonchev–Trinajstić information content (AvgIpc) is 3.17. The number of piperidine rings is 2. The molecular weight excluding hydrogens is 396 g/mol. The lowest BCUT2D eigenvalue weighted by Crippen LogP contribution is -2.33. The summed E-state index contributed by atoms with van der Waals surface area (Å²) in [6, 6.07) is 3.14. The Balaban J connectivity index is 1.62. The third-order valence-electron chi connectivity index (χ3n) is 6.19. The summed E-state index contributed by atoms with van der Waals surface area (Å²) in [5, 5.41) is 3.34. The van der Waals surface area contributed by atoms with Crippen LogP contribution >= 0.6 is 0 Å². The van der Waals surface area contributed by atoms with Crippen LogP contribution in [0.5, 0.6) is 0 Å². The Hall–Kier alpha value is -1.93. The van der Waals surface area contributed by atoms with Crippen LogP contribution in [0.25, 0.3) is 11.3 Å². The third kappa shape index (κ3) is 4.86. The van der Waals surface area contributed by atoms with Crippen molar-refractivity contribution in [2.45, 2.75) is 50.7 Å². The molecule has 3 heterocycles. The second-order valence-corrected chi connectivity index (χ2v) is 8.30. The predicted molar refractivity (Wildman–Crippen MR) is 108 cm³/mol. The fourth-order valence-electron chi connectivity index (χ4n) is 4.49. The molecule has 0 unspecified atom stereocenters. The zero-order valence-corrected chi connectivity index (χ0v) is 17.0. The van der Waals surface area contributed by atoms with E-state index in [0.29, 0.717) is 11.3 Å². The van der Waals surface area contributed by atoms with Gasteiger partial charge in [-0.25, -0.2) is 9.37 Å².